The first-order valence-electron chi connectivity index (χ1n) is 7.82. The van der Waals surface area contributed by atoms with Crippen molar-refractivity contribution >= 4 is 41.8 Å². The Kier molecular flexibility index (Phi) is 4.63. The molecule has 0 aliphatic carbocycles. The van der Waals surface area contributed by atoms with Crippen LogP contribution in [0.25, 0.3) is 21.7 Å². The van der Waals surface area contributed by atoms with Crippen LogP contribution in [0.15, 0.2) is 55.4 Å². The molecule has 8 nitrogen and oxygen atoms in total. The third kappa shape index (κ3) is 3.14. The summed E-state index contributed by atoms with van der Waals surface area (Å²) in [6.45, 7) is 0. The van der Waals surface area contributed by atoms with E-state index < -0.39 is 25.7 Å². The first-order valence-corrected chi connectivity index (χ1v) is 10.7. The molecule has 1 aromatic heterocycles. The molecule has 27 heavy (non-hydrogen) atoms. The molecule has 0 saturated carbocycles. The molecule has 2 aromatic carbocycles. The van der Waals surface area contributed by atoms with Crippen LogP contribution in [-0.2, 0) is 20.0 Å². The lowest BCUT2D eigenvalue weighted by Crippen LogP contribution is -2.22. The third-order valence-electron chi connectivity index (χ3n) is 4.21. The lowest BCUT2D eigenvalue weighted by Gasteiger charge is -2.13. The molecule has 0 saturated heterocycles. The normalized spacial score (nSPS) is 13.1. The van der Waals surface area contributed by atoms with Crippen molar-refractivity contribution in [2.75, 3.05) is 28.2 Å². The Morgan fingerprint density at radius 1 is 0.704 bits per heavy atom. The number of fused-ring (bicyclic) bond motifs is 3. The van der Waals surface area contributed by atoms with Gasteiger partial charge in [-0.05, 0) is 24.3 Å². The van der Waals surface area contributed by atoms with Crippen molar-refractivity contribution in [1.82, 2.24) is 8.61 Å². The summed E-state index contributed by atoms with van der Waals surface area (Å²) in [5, 5.41) is 1.09. The number of nitrogens with zero attached hydrogens (tertiary/aromatic N) is 2. The summed E-state index contributed by atoms with van der Waals surface area (Å²) in [6, 6.07) is 8.43. The van der Waals surface area contributed by atoms with Crippen LogP contribution in [-0.4, -0.2) is 53.6 Å². The summed E-state index contributed by atoms with van der Waals surface area (Å²) < 4.78 is 56.5. The Morgan fingerprint density at radius 2 is 1.19 bits per heavy atom. The minimum absolute atomic E-state index is 0.00527. The standard InChI is InChI=1S/C17H18N2O6S2/c1-18(2)26(21,22)11-5-7-13-14-8-6-12(27(23,24)19(3)4)10-16(14)25-17(20)15(13)9-11/h5-10H,1-4H3. The van der Waals surface area contributed by atoms with Crippen LogP contribution in [0, 0.1) is 0 Å². The minimum Gasteiger partial charge on any atom is -0.422 e. The molecular formula is C17H18N2O6S2. The molecule has 3 rings (SSSR count). The van der Waals surface area contributed by atoms with Gasteiger partial charge in [-0.25, -0.2) is 30.2 Å². The van der Waals surface area contributed by atoms with E-state index in [9.17, 15) is 21.6 Å². The molecular weight excluding hydrogens is 392 g/mol. The van der Waals surface area contributed by atoms with Gasteiger partial charge in [-0.1, -0.05) is 6.07 Å². The summed E-state index contributed by atoms with van der Waals surface area (Å²) in [5.41, 5.74) is -0.633. The molecule has 0 unspecified atom stereocenters. The summed E-state index contributed by atoms with van der Waals surface area (Å²) >= 11 is 0. The average molecular weight is 410 g/mol. The van der Waals surface area contributed by atoms with Crippen molar-refractivity contribution in [3.8, 4) is 0 Å². The van der Waals surface area contributed by atoms with Crippen LogP contribution in [0.3, 0.4) is 0 Å². The zero-order chi connectivity index (χ0) is 20.1. The van der Waals surface area contributed by atoms with Crippen molar-refractivity contribution < 1.29 is 21.3 Å². The van der Waals surface area contributed by atoms with Crippen molar-refractivity contribution in [2.45, 2.75) is 9.79 Å². The summed E-state index contributed by atoms with van der Waals surface area (Å²) in [6.07, 6.45) is 0. The number of sulfonamides is 2. The van der Waals surface area contributed by atoms with Gasteiger partial charge >= 0.3 is 5.63 Å². The summed E-state index contributed by atoms with van der Waals surface area (Å²) in [5.74, 6) is 0. The number of hydrogen-bond acceptors (Lipinski definition) is 6. The van der Waals surface area contributed by atoms with Crippen LogP contribution in [0.2, 0.25) is 0 Å². The molecule has 0 aliphatic heterocycles. The van der Waals surface area contributed by atoms with Crippen molar-refractivity contribution in [3.63, 3.8) is 0 Å². The molecule has 0 N–H and O–H groups in total. The quantitative estimate of drug-likeness (QED) is 0.476. The predicted molar refractivity (Wildman–Crippen MR) is 102 cm³/mol. The average Bonchev–Trinajstić information content (AvgIpc) is 2.60. The van der Waals surface area contributed by atoms with Gasteiger partial charge in [0.1, 0.15) is 5.58 Å². The molecule has 0 spiro atoms. The second-order valence-corrected chi connectivity index (χ2v) is 10.6. The van der Waals surface area contributed by atoms with E-state index in [1.807, 2.05) is 0 Å². The number of benzene rings is 2. The zero-order valence-electron chi connectivity index (χ0n) is 15.1. The van der Waals surface area contributed by atoms with Gasteiger partial charge in [0, 0.05) is 45.0 Å². The van der Waals surface area contributed by atoms with Gasteiger partial charge in [-0.3, -0.25) is 0 Å². The van der Waals surface area contributed by atoms with Gasteiger partial charge < -0.3 is 4.42 Å². The minimum atomic E-state index is -3.71. The molecule has 0 bridgehead atoms. The Labute approximate surface area is 156 Å². The van der Waals surface area contributed by atoms with E-state index in [1.165, 1.54) is 64.6 Å². The zero-order valence-corrected chi connectivity index (χ0v) is 16.8. The highest BCUT2D eigenvalue weighted by atomic mass is 32.2. The lowest BCUT2D eigenvalue weighted by atomic mass is 10.1. The van der Waals surface area contributed by atoms with Crippen molar-refractivity contribution in [2.24, 2.45) is 0 Å². The van der Waals surface area contributed by atoms with E-state index in [1.54, 1.807) is 0 Å². The van der Waals surface area contributed by atoms with Gasteiger partial charge in [0.25, 0.3) is 0 Å². The van der Waals surface area contributed by atoms with Crippen molar-refractivity contribution in [3.05, 3.63) is 46.8 Å². The SMILES string of the molecule is CN(C)S(=O)(=O)c1ccc2c(c1)oc(=O)c1cc(S(=O)(=O)N(C)C)ccc12. The fraction of sp³-hybridized carbons (Fsp3) is 0.235. The Morgan fingerprint density at radius 3 is 1.70 bits per heavy atom. The van der Waals surface area contributed by atoms with E-state index in [0.717, 1.165) is 8.61 Å². The maximum absolute atomic E-state index is 12.4. The van der Waals surface area contributed by atoms with E-state index >= 15 is 0 Å². The third-order valence-corrected chi connectivity index (χ3v) is 7.84. The summed E-state index contributed by atoms with van der Waals surface area (Å²) in [7, 11) is -1.78. The Hall–Kier alpha value is -2.27. The topological polar surface area (TPSA) is 105 Å². The van der Waals surface area contributed by atoms with Crippen LogP contribution in [0.4, 0.5) is 0 Å². The molecule has 0 fully saturated rings. The highest BCUT2D eigenvalue weighted by molar-refractivity contribution is 7.89. The van der Waals surface area contributed by atoms with E-state index in [2.05, 4.69) is 0 Å². The molecule has 3 aromatic rings. The van der Waals surface area contributed by atoms with Gasteiger partial charge in [0.2, 0.25) is 20.0 Å². The smallest absolute Gasteiger partial charge is 0.344 e. The number of rotatable bonds is 4. The van der Waals surface area contributed by atoms with Crippen molar-refractivity contribution in [1.29, 1.82) is 0 Å². The maximum atomic E-state index is 12.4. The highest BCUT2D eigenvalue weighted by Crippen LogP contribution is 2.28. The molecule has 0 atom stereocenters. The van der Waals surface area contributed by atoms with Crippen LogP contribution in [0.1, 0.15) is 0 Å². The van der Waals surface area contributed by atoms with Gasteiger partial charge in [0.15, 0.2) is 0 Å². The first kappa shape index (κ1) is 19.5. The van der Waals surface area contributed by atoms with E-state index in [-0.39, 0.29) is 20.8 Å². The molecule has 0 radical (unpaired) electrons. The lowest BCUT2D eigenvalue weighted by molar-refractivity contribution is 0.519. The highest BCUT2D eigenvalue weighted by Gasteiger charge is 2.21. The molecule has 144 valence electrons. The van der Waals surface area contributed by atoms with E-state index in [4.69, 9.17) is 4.42 Å². The summed E-state index contributed by atoms with van der Waals surface area (Å²) in [4.78, 5) is 12.4. The number of hydrogen-bond donors (Lipinski definition) is 0. The molecule has 10 heteroatoms. The largest absolute Gasteiger partial charge is 0.422 e. The Bertz CT molecular complexity index is 1320. The van der Waals surface area contributed by atoms with Crippen LogP contribution in [0.5, 0.6) is 0 Å². The molecule has 0 aliphatic rings. The molecule has 1 heterocycles. The second kappa shape index (κ2) is 6.41. The fourth-order valence-electron chi connectivity index (χ4n) is 2.63. The monoisotopic (exact) mass is 410 g/mol. The molecule has 0 amide bonds. The van der Waals surface area contributed by atoms with Gasteiger partial charge in [-0.2, -0.15) is 0 Å². The second-order valence-electron chi connectivity index (χ2n) is 6.33. The van der Waals surface area contributed by atoms with Crippen LogP contribution < -0.4 is 5.63 Å². The predicted octanol–water partition coefficient (Wildman–Crippen LogP) is 1.45. The van der Waals surface area contributed by atoms with Gasteiger partial charge in [-0.15, -0.1) is 0 Å². The fourth-order valence-corrected chi connectivity index (χ4v) is 4.48. The Balaban J connectivity index is 2.32. The van der Waals surface area contributed by atoms with E-state index in [0.29, 0.717) is 10.8 Å². The maximum Gasteiger partial charge on any atom is 0.344 e. The van der Waals surface area contributed by atoms with Gasteiger partial charge in [0.05, 0.1) is 15.2 Å². The van der Waals surface area contributed by atoms with Crippen LogP contribution >= 0.6 is 0 Å². The first-order chi connectivity index (χ1) is 12.5.